The Morgan fingerprint density at radius 1 is 0.600 bits per heavy atom. The van der Waals surface area contributed by atoms with Gasteiger partial charge in [-0.2, -0.15) is 0 Å². The molecule has 45 heavy (non-hydrogen) atoms. The number of rotatable bonds is 8. The van der Waals surface area contributed by atoms with Crippen LogP contribution < -0.4 is 0 Å². The minimum absolute atomic E-state index is 0.0483. The van der Waals surface area contributed by atoms with Crippen LogP contribution in [0.4, 0.5) is 0 Å². The summed E-state index contributed by atoms with van der Waals surface area (Å²) in [4.78, 5) is -0.922. The van der Waals surface area contributed by atoms with E-state index in [2.05, 4.69) is 0 Å². The molecule has 0 aromatic heterocycles. The van der Waals surface area contributed by atoms with E-state index in [9.17, 15) is 45.7 Å². The highest BCUT2D eigenvalue weighted by Gasteiger charge is 2.45. The SMILES string of the molecule is CN(C)S(=O)(=O)c1cc([C@@H]2O[C@H](CO)[C@H](O)[C@H](O)[C@H]2O)c2ccc3c(S(=O)(=O)N(C)C)cc(S(=O)(=O)N(C)C)c4ccc1c2c34. The highest BCUT2D eigenvalue weighted by atomic mass is 32.2. The highest BCUT2D eigenvalue weighted by Crippen LogP contribution is 2.47. The summed E-state index contributed by atoms with van der Waals surface area (Å²) < 4.78 is 90.7. The maximum Gasteiger partial charge on any atom is 0.243 e. The van der Waals surface area contributed by atoms with Crippen molar-refractivity contribution in [3.05, 3.63) is 42.0 Å². The quantitative estimate of drug-likeness (QED) is 0.180. The molecule has 17 heteroatoms. The van der Waals surface area contributed by atoms with Crippen LogP contribution in [0.3, 0.4) is 0 Å². The van der Waals surface area contributed by atoms with Crippen molar-refractivity contribution in [3.8, 4) is 0 Å². The van der Waals surface area contributed by atoms with Crippen LogP contribution in [0.25, 0.3) is 32.3 Å². The zero-order valence-electron chi connectivity index (χ0n) is 25.3. The third-order valence-electron chi connectivity index (χ3n) is 8.29. The van der Waals surface area contributed by atoms with Crippen LogP contribution in [-0.4, -0.2) is 132 Å². The van der Waals surface area contributed by atoms with Crippen LogP contribution in [0.5, 0.6) is 0 Å². The Labute approximate surface area is 261 Å². The molecule has 246 valence electrons. The summed E-state index contributed by atoms with van der Waals surface area (Å²) in [5.41, 5.74) is 0.0483. The Kier molecular flexibility index (Phi) is 8.49. The second-order valence-electron chi connectivity index (χ2n) is 11.5. The van der Waals surface area contributed by atoms with Gasteiger partial charge in [0.25, 0.3) is 0 Å². The number of aliphatic hydroxyl groups is 4. The fraction of sp³-hybridized carbons (Fsp3) is 0.429. The molecule has 0 unspecified atom stereocenters. The van der Waals surface area contributed by atoms with Crippen molar-refractivity contribution in [2.45, 2.75) is 45.2 Å². The predicted molar refractivity (Wildman–Crippen MR) is 165 cm³/mol. The van der Waals surface area contributed by atoms with Gasteiger partial charge in [0.05, 0.1) is 21.3 Å². The summed E-state index contributed by atoms with van der Waals surface area (Å²) in [6.45, 7) is -0.729. The van der Waals surface area contributed by atoms with Gasteiger partial charge in [-0.15, -0.1) is 0 Å². The van der Waals surface area contributed by atoms with Crippen molar-refractivity contribution >= 4 is 62.4 Å². The number of aliphatic hydroxyl groups excluding tert-OH is 4. The number of benzene rings is 4. The van der Waals surface area contributed by atoms with Crippen molar-refractivity contribution in [2.75, 3.05) is 48.9 Å². The predicted octanol–water partition coefficient (Wildman–Crippen LogP) is -0.150. The van der Waals surface area contributed by atoms with E-state index >= 15 is 0 Å². The first-order valence-corrected chi connectivity index (χ1v) is 18.0. The van der Waals surface area contributed by atoms with Crippen LogP contribution >= 0.6 is 0 Å². The number of ether oxygens (including phenoxy) is 1. The van der Waals surface area contributed by atoms with Crippen molar-refractivity contribution in [1.29, 1.82) is 0 Å². The topological polar surface area (TPSA) is 202 Å². The van der Waals surface area contributed by atoms with Crippen molar-refractivity contribution < 1.29 is 50.4 Å². The molecule has 5 atom stereocenters. The molecule has 1 saturated heterocycles. The first-order chi connectivity index (χ1) is 20.8. The van der Waals surface area contributed by atoms with Gasteiger partial charge in [0.1, 0.15) is 30.5 Å². The maximum absolute atomic E-state index is 13.8. The third-order valence-corrected chi connectivity index (χ3v) is 13.9. The minimum Gasteiger partial charge on any atom is -0.394 e. The van der Waals surface area contributed by atoms with Crippen LogP contribution in [0.2, 0.25) is 0 Å². The average molecular weight is 686 g/mol. The van der Waals surface area contributed by atoms with Gasteiger partial charge < -0.3 is 25.2 Å². The molecule has 5 rings (SSSR count). The molecule has 14 nitrogen and oxygen atoms in total. The molecule has 0 amide bonds. The summed E-state index contributed by atoms with van der Waals surface area (Å²) in [6, 6.07) is 8.17. The average Bonchev–Trinajstić information content (AvgIpc) is 2.97. The van der Waals surface area contributed by atoms with Crippen molar-refractivity contribution in [3.63, 3.8) is 0 Å². The second-order valence-corrected chi connectivity index (χ2v) is 17.9. The van der Waals surface area contributed by atoms with Crippen LogP contribution in [-0.2, 0) is 34.8 Å². The fourth-order valence-electron chi connectivity index (χ4n) is 5.75. The van der Waals surface area contributed by atoms with Gasteiger partial charge in [-0.3, -0.25) is 0 Å². The minimum atomic E-state index is -4.26. The molecule has 0 aliphatic carbocycles. The lowest BCUT2D eigenvalue weighted by Gasteiger charge is -2.40. The first kappa shape index (κ1) is 33.8. The van der Waals surface area contributed by atoms with Crippen LogP contribution in [0, 0.1) is 0 Å². The lowest BCUT2D eigenvalue weighted by Crippen LogP contribution is -2.55. The molecule has 1 fully saturated rings. The van der Waals surface area contributed by atoms with E-state index in [0.29, 0.717) is 0 Å². The third kappa shape index (κ3) is 5.01. The Balaban J connectivity index is 2.06. The maximum atomic E-state index is 13.8. The van der Waals surface area contributed by atoms with Crippen molar-refractivity contribution in [2.24, 2.45) is 0 Å². The molecular weight excluding hydrogens is 651 g/mol. The second kappa shape index (κ2) is 11.3. The van der Waals surface area contributed by atoms with Gasteiger partial charge >= 0.3 is 0 Å². The molecule has 4 aromatic carbocycles. The summed E-state index contributed by atoms with van der Waals surface area (Å²) in [6.07, 6.45) is -8.00. The number of hydrogen-bond donors (Lipinski definition) is 4. The fourth-order valence-corrected chi connectivity index (χ4v) is 9.16. The number of hydrogen-bond acceptors (Lipinski definition) is 11. The molecule has 1 heterocycles. The van der Waals surface area contributed by atoms with E-state index in [1.807, 2.05) is 0 Å². The van der Waals surface area contributed by atoms with Gasteiger partial charge in [-0.25, -0.2) is 38.2 Å². The van der Waals surface area contributed by atoms with Gasteiger partial charge in [-0.05, 0) is 28.5 Å². The lowest BCUT2D eigenvalue weighted by molar-refractivity contribution is -0.231. The number of sulfonamides is 3. The molecule has 0 radical (unpaired) electrons. The molecule has 1 aliphatic rings. The molecular formula is C28H35N3O11S3. The standard InChI is InChI=1S/C28H35N3O11S3/c1-29(2)43(36,37)20-11-18(28-27(35)26(34)25(33)19(13-32)42-28)14-7-8-16-21(44(38,39)30(3)4)12-22(45(40,41)31(5)6)17-10-9-15(20)23(14)24(16)17/h7-12,19,25-28,32-35H,13H2,1-6H3/t19-,25+,26+,27-,28+/m1/s1. The van der Waals surface area contributed by atoms with E-state index in [1.165, 1.54) is 72.6 Å². The monoisotopic (exact) mass is 685 g/mol. The van der Waals surface area contributed by atoms with Crippen LogP contribution in [0.15, 0.2) is 51.1 Å². The Morgan fingerprint density at radius 2 is 0.978 bits per heavy atom. The van der Waals surface area contributed by atoms with Gasteiger partial charge in [-0.1, -0.05) is 24.3 Å². The zero-order chi connectivity index (χ0) is 33.5. The van der Waals surface area contributed by atoms with E-state index in [1.54, 1.807) is 0 Å². The molecule has 0 spiro atoms. The largest absolute Gasteiger partial charge is 0.394 e. The number of nitrogens with zero attached hydrogens (tertiary/aromatic N) is 3. The van der Waals surface area contributed by atoms with E-state index in [4.69, 9.17) is 4.74 Å². The summed E-state index contributed by atoms with van der Waals surface area (Å²) in [5, 5.41) is 42.8. The van der Waals surface area contributed by atoms with Gasteiger partial charge in [0, 0.05) is 63.8 Å². The lowest BCUT2D eigenvalue weighted by atomic mass is 9.86. The Morgan fingerprint density at radius 3 is 1.38 bits per heavy atom. The zero-order valence-corrected chi connectivity index (χ0v) is 27.7. The highest BCUT2D eigenvalue weighted by molar-refractivity contribution is 7.90. The Hall–Kier alpha value is -2.55. The van der Waals surface area contributed by atoms with E-state index in [0.717, 1.165) is 19.0 Å². The molecule has 0 saturated carbocycles. The Bertz CT molecular complexity index is 2070. The van der Waals surface area contributed by atoms with Gasteiger partial charge in [0.2, 0.25) is 30.1 Å². The molecule has 4 aromatic rings. The van der Waals surface area contributed by atoms with E-state index in [-0.39, 0.29) is 52.6 Å². The molecule has 4 N–H and O–H groups in total. The van der Waals surface area contributed by atoms with Crippen LogP contribution in [0.1, 0.15) is 11.7 Å². The summed E-state index contributed by atoms with van der Waals surface area (Å²) >= 11 is 0. The van der Waals surface area contributed by atoms with E-state index < -0.39 is 67.2 Å². The van der Waals surface area contributed by atoms with Gasteiger partial charge in [0.15, 0.2) is 0 Å². The summed E-state index contributed by atoms with van der Waals surface area (Å²) in [7, 11) is -4.94. The summed E-state index contributed by atoms with van der Waals surface area (Å²) in [5.74, 6) is 0. The normalized spacial score (nSPS) is 23.8. The molecule has 0 bridgehead atoms. The smallest absolute Gasteiger partial charge is 0.243 e. The molecule has 1 aliphatic heterocycles. The first-order valence-electron chi connectivity index (χ1n) is 13.7. The van der Waals surface area contributed by atoms with Crippen molar-refractivity contribution in [1.82, 2.24) is 12.9 Å².